The Hall–Kier alpha value is -1.21. The van der Waals surface area contributed by atoms with Crippen LogP contribution in [0.5, 0.6) is 0 Å². The van der Waals surface area contributed by atoms with Crippen LogP contribution in [-0.2, 0) is 15.6 Å². The molecule has 0 aliphatic carbocycles. The maximum absolute atomic E-state index is 12.2. The largest absolute Gasteiger partial charge is 0.390 e. The van der Waals surface area contributed by atoms with E-state index in [1.54, 1.807) is 18.2 Å². The van der Waals surface area contributed by atoms with E-state index in [2.05, 4.69) is 0 Å². The van der Waals surface area contributed by atoms with Gasteiger partial charge in [-0.05, 0) is 6.07 Å². The second-order valence-electron chi connectivity index (χ2n) is 4.01. The summed E-state index contributed by atoms with van der Waals surface area (Å²) in [6, 6.07) is 6.28. The Kier molecular flexibility index (Phi) is 3.53. The first-order chi connectivity index (χ1) is 8.68. The van der Waals surface area contributed by atoms with Crippen LogP contribution in [0.25, 0.3) is 10.9 Å². The van der Waals surface area contributed by atoms with Crippen LogP contribution in [-0.4, -0.2) is 19.2 Å². The molecule has 0 bridgehead atoms. The standard InChI is InChI=1S/C11H9ClF3NO2S/c12-19(17,18)10-7-16(6-5-11(13,14)15)9-4-2-1-3-8(9)10/h1-4,7H,5-6H2. The zero-order chi connectivity index (χ0) is 14.3. The predicted octanol–water partition coefficient (Wildman–Crippen LogP) is 3.52. The molecule has 2 rings (SSSR count). The van der Waals surface area contributed by atoms with E-state index < -0.39 is 21.6 Å². The Bertz CT molecular complexity index is 706. The summed E-state index contributed by atoms with van der Waals surface area (Å²) in [5.74, 6) is 0. The molecule has 104 valence electrons. The van der Waals surface area contributed by atoms with Gasteiger partial charge in [-0.3, -0.25) is 0 Å². The molecule has 0 spiro atoms. The first kappa shape index (κ1) is 14.2. The van der Waals surface area contributed by atoms with E-state index in [0.717, 1.165) is 6.20 Å². The maximum Gasteiger partial charge on any atom is 0.390 e. The normalized spacial score (nSPS) is 13.1. The minimum Gasteiger partial charge on any atom is -0.346 e. The van der Waals surface area contributed by atoms with Crippen molar-refractivity contribution in [1.29, 1.82) is 0 Å². The highest BCUT2D eigenvalue weighted by Crippen LogP contribution is 2.29. The summed E-state index contributed by atoms with van der Waals surface area (Å²) < 4.78 is 60.7. The van der Waals surface area contributed by atoms with Gasteiger partial charge in [-0.25, -0.2) is 8.42 Å². The molecule has 0 radical (unpaired) electrons. The Morgan fingerprint density at radius 3 is 2.42 bits per heavy atom. The molecule has 0 atom stereocenters. The molecule has 0 N–H and O–H groups in total. The fourth-order valence-corrected chi connectivity index (χ4v) is 2.90. The van der Waals surface area contributed by atoms with E-state index in [1.807, 2.05) is 0 Å². The van der Waals surface area contributed by atoms with Crippen LogP contribution in [0.3, 0.4) is 0 Å². The van der Waals surface area contributed by atoms with Crippen molar-refractivity contribution in [2.75, 3.05) is 0 Å². The van der Waals surface area contributed by atoms with Crippen LogP contribution in [0, 0.1) is 0 Å². The fraction of sp³-hybridized carbons (Fsp3) is 0.273. The maximum atomic E-state index is 12.2. The molecule has 8 heteroatoms. The Morgan fingerprint density at radius 1 is 1.21 bits per heavy atom. The molecular formula is C11H9ClF3NO2S. The van der Waals surface area contributed by atoms with Crippen LogP contribution in [0.1, 0.15) is 6.42 Å². The third kappa shape index (κ3) is 3.22. The van der Waals surface area contributed by atoms with Crippen molar-refractivity contribution in [3.63, 3.8) is 0 Å². The second-order valence-corrected chi connectivity index (χ2v) is 6.54. The van der Waals surface area contributed by atoms with Crippen molar-refractivity contribution in [3.8, 4) is 0 Å². The number of hydrogen-bond donors (Lipinski definition) is 0. The molecule has 0 amide bonds. The van der Waals surface area contributed by atoms with Gasteiger partial charge in [-0.2, -0.15) is 13.2 Å². The quantitative estimate of drug-likeness (QED) is 0.814. The van der Waals surface area contributed by atoms with Crippen LogP contribution in [0.15, 0.2) is 35.4 Å². The molecule has 0 aliphatic rings. The Morgan fingerprint density at radius 2 is 1.84 bits per heavy atom. The van der Waals surface area contributed by atoms with Gasteiger partial charge in [0.2, 0.25) is 0 Å². The lowest BCUT2D eigenvalue weighted by Gasteiger charge is -2.08. The number of nitrogens with zero attached hydrogens (tertiary/aromatic N) is 1. The van der Waals surface area contributed by atoms with Crippen LogP contribution < -0.4 is 0 Å². The third-order valence-electron chi connectivity index (χ3n) is 2.65. The number of rotatable bonds is 3. The predicted molar refractivity (Wildman–Crippen MR) is 65.6 cm³/mol. The highest BCUT2D eigenvalue weighted by Gasteiger charge is 2.27. The van der Waals surface area contributed by atoms with Gasteiger partial charge in [-0.15, -0.1) is 0 Å². The summed E-state index contributed by atoms with van der Waals surface area (Å²) >= 11 is 0. The van der Waals surface area contributed by atoms with Gasteiger partial charge in [-0.1, -0.05) is 18.2 Å². The van der Waals surface area contributed by atoms with Crippen LogP contribution in [0.2, 0.25) is 0 Å². The van der Waals surface area contributed by atoms with Crippen molar-refractivity contribution in [3.05, 3.63) is 30.5 Å². The number of aryl methyl sites for hydroxylation is 1. The molecule has 1 aromatic carbocycles. The Balaban J connectivity index is 2.51. The lowest BCUT2D eigenvalue weighted by atomic mass is 10.2. The van der Waals surface area contributed by atoms with Gasteiger partial charge in [0.05, 0.1) is 6.42 Å². The average Bonchev–Trinajstić information content (AvgIpc) is 2.64. The minimum atomic E-state index is -4.30. The molecule has 0 fully saturated rings. The van der Waals surface area contributed by atoms with E-state index in [0.29, 0.717) is 10.9 Å². The van der Waals surface area contributed by atoms with E-state index in [-0.39, 0.29) is 11.4 Å². The van der Waals surface area contributed by atoms with Gasteiger partial charge >= 0.3 is 6.18 Å². The van der Waals surface area contributed by atoms with Gasteiger partial charge in [0.25, 0.3) is 9.05 Å². The number of hydrogen-bond acceptors (Lipinski definition) is 2. The number of benzene rings is 1. The molecular weight excluding hydrogens is 303 g/mol. The first-order valence-corrected chi connectivity index (χ1v) is 7.59. The molecule has 19 heavy (non-hydrogen) atoms. The summed E-state index contributed by atoms with van der Waals surface area (Å²) in [6.07, 6.45) is -4.20. The summed E-state index contributed by atoms with van der Waals surface area (Å²) in [4.78, 5) is -0.174. The van der Waals surface area contributed by atoms with Gasteiger partial charge in [0.1, 0.15) is 4.90 Å². The second kappa shape index (κ2) is 4.72. The highest BCUT2D eigenvalue weighted by molar-refractivity contribution is 8.14. The zero-order valence-corrected chi connectivity index (χ0v) is 11.1. The van der Waals surface area contributed by atoms with Crippen molar-refractivity contribution >= 4 is 30.6 Å². The van der Waals surface area contributed by atoms with Crippen LogP contribution in [0.4, 0.5) is 13.2 Å². The monoisotopic (exact) mass is 311 g/mol. The number of para-hydroxylation sites is 1. The van der Waals surface area contributed by atoms with E-state index in [1.165, 1.54) is 10.6 Å². The topological polar surface area (TPSA) is 39.1 Å². The van der Waals surface area contributed by atoms with Gasteiger partial charge in [0.15, 0.2) is 0 Å². The van der Waals surface area contributed by atoms with E-state index in [4.69, 9.17) is 10.7 Å². The molecule has 2 aromatic rings. The number of aromatic nitrogens is 1. The Labute approximate surface area is 112 Å². The lowest BCUT2D eigenvalue weighted by molar-refractivity contribution is -0.136. The average molecular weight is 312 g/mol. The molecule has 3 nitrogen and oxygen atoms in total. The number of halogens is 4. The van der Waals surface area contributed by atoms with E-state index in [9.17, 15) is 21.6 Å². The lowest BCUT2D eigenvalue weighted by Crippen LogP contribution is -2.11. The molecule has 0 saturated heterocycles. The SMILES string of the molecule is O=S(=O)(Cl)c1cn(CCC(F)(F)F)c2ccccc12. The molecule has 1 heterocycles. The first-order valence-electron chi connectivity index (χ1n) is 5.28. The summed E-state index contributed by atoms with van der Waals surface area (Å²) in [5.41, 5.74) is 0.408. The van der Waals surface area contributed by atoms with Gasteiger partial charge < -0.3 is 4.57 Å². The van der Waals surface area contributed by atoms with Gasteiger partial charge in [0, 0.05) is 34.3 Å². The molecule has 1 aromatic heterocycles. The molecule has 0 saturated carbocycles. The summed E-state index contributed by atoms with van der Waals surface area (Å²) in [7, 11) is 1.29. The smallest absolute Gasteiger partial charge is 0.346 e. The summed E-state index contributed by atoms with van der Waals surface area (Å²) in [6.45, 7) is -0.351. The van der Waals surface area contributed by atoms with E-state index >= 15 is 0 Å². The van der Waals surface area contributed by atoms with Crippen LogP contribution >= 0.6 is 10.7 Å². The zero-order valence-electron chi connectivity index (χ0n) is 9.48. The third-order valence-corrected chi connectivity index (χ3v) is 4.00. The van der Waals surface area contributed by atoms with Crippen molar-refractivity contribution in [1.82, 2.24) is 4.57 Å². The number of alkyl halides is 3. The number of fused-ring (bicyclic) bond motifs is 1. The van der Waals surface area contributed by atoms with Crippen molar-refractivity contribution < 1.29 is 21.6 Å². The molecule has 0 aliphatic heterocycles. The summed E-state index contributed by atoms with van der Waals surface area (Å²) in [5, 5.41) is 0.319. The van der Waals surface area contributed by atoms with Crippen molar-refractivity contribution in [2.24, 2.45) is 0 Å². The fourth-order valence-electron chi connectivity index (χ4n) is 1.84. The minimum absolute atomic E-state index is 0.174. The van der Waals surface area contributed by atoms with Crippen molar-refractivity contribution in [2.45, 2.75) is 24.0 Å². The highest BCUT2D eigenvalue weighted by atomic mass is 35.7. The molecule has 0 unspecified atom stereocenters.